The number of carbonyl (C=O) groups excluding carboxylic acids is 2. The Morgan fingerprint density at radius 2 is 1.87 bits per heavy atom. The van der Waals surface area contributed by atoms with Gasteiger partial charge in [-0.3, -0.25) is 9.59 Å². The average Bonchev–Trinajstić information content (AvgIpc) is 2.91. The third-order valence-electron chi connectivity index (χ3n) is 5.98. The number of likely N-dealkylation sites (tertiary alicyclic amines) is 1. The quantitative estimate of drug-likeness (QED) is 0.751. The van der Waals surface area contributed by atoms with E-state index in [0.717, 1.165) is 29.7 Å². The van der Waals surface area contributed by atoms with Gasteiger partial charge in [0.2, 0.25) is 11.8 Å². The second kappa shape index (κ2) is 9.00. The number of rotatable bonds is 4. The van der Waals surface area contributed by atoms with E-state index >= 15 is 0 Å². The molecular formula is C23H25ClN2O3S. The maximum Gasteiger partial charge on any atom is 0.237 e. The zero-order valence-corrected chi connectivity index (χ0v) is 18.2. The van der Waals surface area contributed by atoms with Gasteiger partial charge in [0.05, 0.1) is 16.6 Å². The van der Waals surface area contributed by atoms with Gasteiger partial charge in [0.1, 0.15) is 0 Å². The van der Waals surface area contributed by atoms with Gasteiger partial charge in [0.25, 0.3) is 0 Å². The molecule has 4 rings (SSSR count). The van der Waals surface area contributed by atoms with Crippen molar-refractivity contribution in [1.29, 1.82) is 0 Å². The minimum atomic E-state index is -0.929. The molecule has 30 heavy (non-hydrogen) atoms. The molecule has 2 aromatic carbocycles. The molecule has 5 nitrogen and oxygen atoms in total. The van der Waals surface area contributed by atoms with Crippen LogP contribution >= 0.6 is 23.4 Å². The van der Waals surface area contributed by atoms with Crippen LogP contribution in [0.4, 0.5) is 5.69 Å². The maximum absolute atomic E-state index is 12.7. The standard InChI is InChI=1S/C23H25ClN2O3S/c24-18-8-6-17(7-9-18)23(29)11-13-26(14-12-23)21(27)15-30-20-10-5-16-3-1-2-4-19(16)25-22(20)28/h1-4,6-9,20,29H,5,10-15H2,(H,25,28). The van der Waals surface area contributed by atoms with Crippen molar-refractivity contribution >= 4 is 40.9 Å². The van der Waals surface area contributed by atoms with Crippen molar-refractivity contribution in [3.05, 3.63) is 64.7 Å². The number of carbonyl (C=O) groups is 2. The van der Waals surface area contributed by atoms with Crippen LogP contribution in [0.3, 0.4) is 0 Å². The van der Waals surface area contributed by atoms with Gasteiger partial charge in [-0.2, -0.15) is 0 Å². The summed E-state index contributed by atoms with van der Waals surface area (Å²) in [6.45, 7) is 1.00. The number of aliphatic hydroxyl groups is 1. The molecule has 1 unspecified atom stereocenters. The number of anilines is 1. The van der Waals surface area contributed by atoms with Crippen LogP contribution in [-0.4, -0.2) is 45.9 Å². The molecule has 2 aliphatic rings. The third kappa shape index (κ3) is 4.66. The van der Waals surface area contributed by atoms with Crippen molar-refractivity contribution in [1.82, 2.24) is 4.90 Å². The fourth-order valence-electron chi connectivity index (χ4n) is 4.09. The van der Waals surface area contributed by atoms with Gasteiger partial charge in [-0.05, 0) is 55.0 Å². The molecule has 158 valence electrons. The van der Waals surface area contributed by atoms with E-state index in [0.29, 0.717) is 31.0 Å². The summed E-state index contributed by atoms with van der Waals surface area (Å²) in [5, 5.41) is 14.4. The summed E-state index contributed by atoms with van der Waals surface area (Å²) in [5.41, 5.74) is 1.91. The average molecular weight is 445 g/mol. The lowest BCUT2D eigenvalue weighted by Gasteiger charge is -2.38. The minimum Gasteiger partial charge on any atom is -0.385 e. The van der Waals surface area contributed by atoms with Gasteiger partial charge < -0.3 is 15.3 Å². The van der Waals surface area contributed by atoms with Gasteiger partial charge in [-0.25, -0.2) is 0 Å². The first kappa shape index (κ1) is 21.2. The number of benzene rings is 2. The van der Waals surface area contributed by atoms with E-state index in [2.05, 4.69) is 5.32 Å². The molecule has 2 heterocycles. The normalized spacial score (nSPS) is 20.8. The van der Waals surface area contributed by atoms with Crippen molar-refractivity contribution in [3.63, 3.8) is 0 Å². The van der Waals surface area contributed by atoms with Crippen LogP contribution in [0.5, 0.6) is 0 Å². The highest BCUT2D eigenvalue weighted by Crippen LogP contribution is 2.34. The van der Waals surface area contributed by atoms with Crippen LogP contribution in [0.2, 0.25) is 5.02 Å². The Hall–Kier alpha value is -2.02. The topological polar surface area (TPSA) is 69.6 Å². The van der Waals surface area contributed by atoms with Crippen LogP contribution in [0.1, 0.15) is 30.4 Å². The number of piperidine rings is 1. The minimum absolute atomic E-state index is 0.0210. The van der Waals surface area contributed by atoms with Crippen LogP contribution in [0, 0.1) is 0 Å². The lowest BCUT2D eigenvalue weighted by atomic mass is 9.84. The van der Waals surface area contributed by atoms with Crippen molar-refractivity contribution in [2.24, 2.45) is 0 Å². The summed E-state index contributed by atoms with van der Waals surface area (Å²) in [6, 6.07) is 15.1. The van der Waals surface area contributed by atoms with Gasteiger partial charge in [-0.15, -0.1) is 11.8 Å². The van der Waals surface area contributed by atoms with E-state index in [4.69, 9.17) is 11.6 Å². The Kier molecular flexibility index (Phi) is 6.37. The smallest absolute Gasteiger partial charge is 0.237 e. The van der Waals surface area contributed by atoms with Crippen LogP contribution < -0.4 is 5.32 Å². The number of thioether (sulfide) groups is 1. The van der Waals surface area contributed by atoms with Crippen molar-refractivity contribution < 1.29 is 14.7 Å². The fraction of sp³-hybridized carbons (Fsp3) is 0.391. The number of fused-ring (bicyclic) bond motifs is 1. The van der Waals surface area contributed by atoms with Gasteiger partial charge in [-0.1, -0.05) is 41.9 Å². The van der Waals surface area contributed by atoms with Crippen LogP contribution in [0.15, 0.2) is 48.5 Å². The summed E-state index contributed by atoms with van der Waals surface area (Å²) >= 11 is 7.35. The monoisotopic (exact) mass is 444 g/mol. The van der Waals surface area contributed by atoms with Crippen molar-refractivity contribution in [3.8, 4) is 0 Å². The molecule has 7 heteroatoms. The summed E-state index contributed by atoms with van der Waals surface area (Å²) in [6.07, 6.45) is 2.52. The molecule has 0 aromatic heterocycles. The van der Waals surface area contributed by atoms with E-state index in [9.17, 15) is 14.7 Å². The molecule has 0 aliphatic carbocycles. The van der Waals surface area contributed by atoms with E-state index in [1.54, 1.807) is 17.0 Å². The molecule has 0 saturated carbocycles. The molecule has 1 fully saturated rings. The highest BCUT2D eigenvalue weighted by Gasteiger charge is 2.35. The molecule has 1 saturated heterocycles. The first-order valence-electron chi connectivity index (χ1n) is 10.2. The molecule has 1 atom stereocenters. The van der Waals surface area contributed by atoms with E-state index in [1.165, 1.54) is 11.8 Å². The van der Waals surface area contributed by atoms with Gasteiger partial charge >= 0.3 is 0 Å². The van der Waals surface area contributed by atoms with E-state index in [-0.39, 0.29) is 22.8 Å². The molecule has 0 bridgehead atoms. The Labute approximate surface area is 185 Å². The number of hydrogen-bond acceptors (Lipinski definition) is 4. The number of aryl methyl sites for hydroxylation is 1. The van der Waals surface area contributed by atoms with Gasteiger partial charge in [0, 0.05) is 23.8 Å². The molecule has 2 amide bonds. The maximum atomic E-state index is 12.7. The molecular weight excluding hydrogens is 420 g/mol. The number of hydrogen-bond donors (Lipinski definition) is 2. The van der Waals surface area contributed by atoms with Crippen molar-refractivity contribution in [2.75, 3.05) is 24.2 Å². The molecule has 2 aliphatic heterocycles. The molecule has 2 N–H and O–H groups in total. The zero-order chi connectivity index (χ0) is 21.1. The summed E-state index contributed by atoms with van der Waals surface area (Å²) in [7, 11) is 0. The highest BCUT2D eigenvalue weighted by molar-refractivity contribution is 8.01. The fourth-order valence-corrected chi connectivity index (χ4v) is 5.24. The SMILES string of the molecule is O=C1Nc2ccccc2CCC1SCC(=O)N1CCC(O)(c2ccc(Cl)cc2)CC1. The summed E-state index contributed by atoms with van der Waals surface area (Å²) < 4.78 is 0. The number of amides is 2. The summed E-state index contributed by atoms with van der Waals surface area (Å²) in [5.74, 6) is 0.259. The first-order chi connectivity index (χ1) is 14.4. The lowest BCUT2D eigenvalue weighted by Crippen LogP contribution is -2.46. The second-order valence-electron chi connectivity index (χ2n) is 7.90. The first-order valence-corrected chi connectivity index (χ1v) is 11.6. The highest BCUT2D eigenvalue weighted by atomic mass is 35.5. The lowest BCUT2D eigenvalue weighted by molar-refractivity contribution is -0.132. The largest absolute Gasteiger partial charge is 0.385 e. The van der Waals surface area contributed by atoms with E-state index < -0.39 is 5.60 Å². The predicted octanol–water partition coefficient (Wildman–Crippen LogP) is 3.84. The zero-order valence-electron chi connectivity index (χ0n) is 16.6. The summed E-state index contributed by atoms with van der Waals surface area (Å²) in [4.78, 5) is 27.0. The van der Waals surface area contributed by atoms with E-state index in [1.807, 2.05) is 36.4 Å². The molecule has 0 radical (unpaired) electrons. The Morgan fingerprint density at radius 1 is 1.17 bits per heavy atom. The number of nitrogens with zero attached hydrogens (tertiary/aromatic N) is 1. The second-order valence-corrected chi connectivity index (χ2v) is 9.53. The van der Waals surface area contributed by atoms with Crippen LogP contribution in [0.25, 0.3) is 0 Å². The Morgan fingerprint density at radius 3 is 2.60 bits per heavy atom. The Bertz CT molecular complexity index is 926. The van der Waals surface area contributed by atoms with Crippen molar-refractivity contribution in [2.45, 2.75) is 36.5 Å². The Balaban J connectivity index is 1.29. The van der Waals surface area contributed by atoms with Gasteiger partial charge in [0.15, 0.2) is 0 Å². The number of nitrogens with one attached hydrogen (secondary N) is 1. The number of halogens is 1. The molecule has 0 spiro atoms. The van der Waals surface area contributed by atoms with Crippen LogP contribution in [-0.2, 0) is 21.6 Å². The number of para-hydroxylation sites is 1. The third-order valence-corrected chi connectivity index (χ3v) is 7.49. The molecule has 2 aromatic rings. The predicted molar refractivity (Wildman–Crippen MR) is 121 cm³/mol.